The van der Waals surface area contributed by atoms with Gasteiger partial charge in [-0.05, 0) is 31.5 Å². The first kappa shape index (κ1) is 26.6. The molecule has 1 amide bonds. The number of aryl methyl sites for hydroxylation is 1. The monoisotopic (exact) mass is 557 g/mol. The first-order valence-corrected chi connectivity index (χ1v) is 14.3. The quantitative estimate of drug-likeness (QED) is 0.167. The van der Waals surface area contributed by atoms with Crippen molar-refractivity contribution in [2.45, 2.75) is 32.0 Å². The van der Waals surface area contributed by atoms with E-state index < -0.39 is 5.97 Å². The van der Waals surface area contributed by atoms with Crippen LogP contribution in [0.1, 0.15) is 29.1 Å². The van der Waals surface area contributed by atoms with Gasteiger partial charge >= 0.3 is 5.97 Å². The highest BCUT2D eigenvalue weighted by Crippen LogP contribution is 2.33. The number of thiophene rings is 1. The minimum absolute atomic E-state index is 0.116. The van der Waals surface area contributed by atoms with Gasteiger partial charge in [0.1, 0.15) is 5.00 Å². The van der Waals surface area contributed by atoms with Crippen molar-refractivity contribution in [3.8, 4) is 22.6 Å². The Labute approximate surface area is 234 Å². The molecule has 2 aromatic carbocycles. The van der Waals surface area contributed by atoms with Gasteiger partial charge in [0.05, 0.1) is 29.6 Å². The van der Waals surface area contributed by atoms with Crippen molar-refractivity contribution in [2.75, 3.05) is 18.2 Å². The van der Waals surface area contributed by atoms with Crippen LogP contribution in [-0.4, -0.2) is 44.5 Å². The van der Waals surface area contributed by atoms with Crippen LogP contribution in [0.5, 0.6) is 0 Å². The summed E-state index contributed by atoms with van der Waals surface area (Å²) in [6, 6.07) is 21.8. The number of para-hydroxylation sites is 1. The molecule has 0 saturated heterocycles. The summed E-state index contributed by atoms with van der Waals surface area (Å²) in [5.74, 6) is 0.131. The highest BCUT2D eigenvalue weighted by atomic mass is 32.2. The molecular weight excluding hydrogens is 530 g/mol. The van der Waals surface area contributed by atoms with Gasteiger partial charge in [0.15, 0.2) is 11.0 Å². The summed E-state index contributed by atoms with van der Waals surface area (Å²) in [7, 11) is 1.33. The van der Waals surface area contributed by atoms with Gasteiger partial charge in [-0.3, -0.25) is 4.79 Å². The number of nitrogens with zero attached hydrogens (tertiary/aromatic N) is 4. The van der Waals surface area contributed by atoms with E-state index in [0.717, 1.165) is 44.8 Å². The van der Waals surface area contributed by atoms with Gasteiger partial charge in [0.2, 0.25) is 5.91 Å². The fourth-order valence-corrected chi connectivity index (χ4v) is 6.06. The number of carbonyl (C=O) groups is 2. The van der Waals surface area contributed by atoms with E-state index in [4.69, 9.17) is 9.72 Å². The average molecular weight is 558 g/mol. The lowest BCUT2D eigenvalue weighted by molar-refractivity contribution is -0.113. The topological polar surface area (TPSA) is 99.0 Å². The van der Waals surface area contributed by atoms with E-state index in [1.54, 1.807) is 6.07 Å². The Bertz CT molecular complexity index is 1650. The largest absolute Gasteiger partial charge is 0.465 e. The summed E-state index contributed by atoms with van der Waals surface area (Å²) < 4.78 is 6.88. The van der Waals surface area contributed by atoms with Crippen molar-refractivity contribution >= 4 is 50.9 Å². The number of ether oxygens (including phenoxy) is 1. The van der Waals surface area contributed by atoms with E-state index in [-0.39, 0.29) is 11.7 Å². The summed E-state index contributed by atoms with van der Waals surface area (Å²) in [6.07, 6.45) is 0.761. The molecule has 0 aliphatic carbocycles. The lowest BCUT2D eigenvalue weighted by atomic mass is 10.0. The summed E-state index contributed by atoms with van der Waals surface area (Å²) >= 11 is 2.68. The maximum absolute atomic E-state index is 12.9. The minimum Gasteiger partial charge on any atom is -0.465 e. The van der Waals surface area contributed by atoms with Crippen molar-refractivity contribution in [2.24, 2.45) is 0 Å². The Hall–Kier alpha value is -4.02. The number of hydrogen-bond donors (Lipinski definition) is 1. The molecule has 5 aromatic rings. The Morgan fingerprint density at radius 1 is 1.03 bits per heavy atom. The second-order valence-corrected chi connectivity index (χ2v) is 10.7. The maximum atomic E-state index is 12.9. The molecule has 0 radical (unpaired) electrons. The number of amides is 1. The standard InChI is InChI=1S/C29H27N5O3S2/c1-4-19-15-22(28(36)37-3)27(39-19)31-25(35)17-38-29-33-32-26(34(29)5-2)21-16-24(18-11-7-6-8-12-18)30-23-14-10-9-13-20(21)23/h6-16H,4-5,17H2,1-3H3,(H,31,35). The molecule has 0 spiro atoms. The summed E-state index contributed by atoms with van der Waals surface area (Å²) in [4.78, 5) is 30.9. The van der Waals surface area contributed by atoms with Crippen LogP contribution in [0.25, 0.3) is 33.5 Å². The number of methoxy groups -OCH3 is 1. The van der Waals surface area contributed by atoms with Gasteiger partial charge in [0.25, 0.3) is 0 Å². The minimum atomic E-state index is -0.469. The molecule has 10 heteroatoms. The lowest BCUT2D eigenvalue weighted by Gasteiger charge is -2.12. The van der Waals surface area contributed by atoms with E-state index in [1.165, 1.54) is 30.2 Å². The Morgan fingerprint density at radius 2 is 1.79 bits per heavy atom. The van der Waals surface area contributed by atoms with E-state index in [1.807, 2.05) is 79.1 Å². The predicted molar refractivity (Wildman–Crippen MR) is 156 cm³/mol. The molecule has 0 unspecified atom stereocenters. The zero-order valence-corrected chi connectivity index (χ0v) is 23.4. The first-order chi connectivity index (χ1) is 19.0. The molecule has 3 heterocycles. The number of carbonyl (C=O) groups excluding carboxylic acids is 2. The summed E-state index contributed by atoms with van der Waals surface area (Å²) in [6.45, 7) is 4.65. The van der Waals surface area contributed by atoms with Crippen molar-refractivity contribution < 1.29 is 14.3 Å². The molecular formula is C29H27N5O3S2. The second-order valence-electron chi connectivity index (χ2n) is 8.63. The number of pyridine rings is 1. The number of hydrogen-bond acceptors (Lipinski definition) is 8. The Balaban J connectivity index is 1.42. The van der Waals surface area contributed by atoms with E-state index in [0.29, 0.717) is 22.3 Å². The number of benzene rings is 2. The Morgan fingerprint density at radius 3 is 2.54 bits per heavy atom. The van der Waals surface area contributed by atoms with Crippen molar-refractivity contribution in [3.63, 3.8) is 0 Å². The van der Waals surface area contributed by atoms with Crippen molar-refractivity contribution in [1.29, 1.82) is 0 Å². The van der Waals surface area contributed by atoms with Crippen LogP contribution in [0.15, 0.2) is 71.9 Å². The molecule has 0 aliphatic heterocycles. The van der Waals surface area contributed by atoms with Crippen molar-refractivity contribution in [1.82, 2.24) is 19.7 Å². The van der Waals surface area contributed by atoms with Gasteiger partial charge in [-0.2, -0.15) is 0 Å². The molecule has 5 rings (SSSR count). The number of fused-ring (bicyclic) bond motifs is 1. The lowest BCUT2D eigenvalue weighted by Crippen LogP contribution is -2.16. The molecule has 0 aliphatic rings. The molecule has 0 atom stereocenters. The van der Waals surface area contributed by atoms with Crippen LogP contribution in [0.2, 0.25) is 0 Å². The predicted octanol–water partition coefficient (Wildman–Crippen LogP) is 6.32. The third-order valence-electron chi connectivity index (χ3n) is 6.18. The number of anilines is 1. The third-order valence-corrected chi connectivity index (χ3v) is 8.34. The van der Waals surface area contributed by atoms with Crippen LogP contribution in [0.4, 0.5) is 5.00 Å². The van der Waals surface area contributed by atoms with Gasteiger partial charge in [-0.15, -0.1) is 21.5 Å². The van der Waals surface area contributed by atoms with E-state index >= 15 is 0 Å². The number of rotatable bonds is 9. The first-order valence-electron chi connectivity index (χ1n) is 12.5. The molecule has 198 valence electrons. The van der Waals surface area contributed by atoms with Gasteiger partial charge in [0, 0.05) is 27.9 Å². The highest BCUT2D eigenvalue weighted by molar-refractivity contribution is 7.99. The number of esters is 1. The normalized spacial score (nSPS) is 11.1. The molecule has 3 aromatic heterocycles. The number of aromatic nitrogens is 4. The van der Waals surface area contributed by atoms with Crippen LogP contribution >= 0.6 is 23.1 Å². The Kier molecular flexibility index (Phi) is 8.04. The van der Waals surface area contributed by atoms with Crippen molar-refractivity contribution in [3.05, 3.63) is 77.2 Å². The SMILES string of the molecule is CCc1cc(C(=O)OC)c(NC(=O)CSc2nnc(-c3cc(-c4ccccc4)nc4ccccc34)n2CC)s1. The van der Waals surface area contributed by atoms with Crippen LogP contribution in [-0.2, 0) is 22.5 Å². The van der Waals surface area contributed by atoms with Crippen LogP contribution in [0.3, 0.4) is 0 Å². The van der Waals surface area contributed by atoms with E-state index in [2.05, 4.69) is 15.5 Å². The maximum Gasteiger partial charge on any atom is 0.340 e. The molecule has 1 N–H and O–H groups in total. The summed E-state index contributed by atoms with van der Waals surface area (Å²) in [5, 5.41) is 14.0. The van der Waals surface area contributed by atoms with Crippen LogP contribution < -0.4 is 5.32 Å². The van der Waals surface area contributed by atoms with E-state index in [9.17, 15) is 9.59 Å². The number of thioether (sulfide) groups is 1. The molecule has 39 heavy (non-hydrogen) atoms. The molecule has 8 nitrogen and oxygen atoms in total. The zero-order valence-electron chi connectivity index (χ0n) is 21.8. The second kappa shape index (κ2) is 11.8. The molecule has 0 fully saturated rings. The van der Waals surface area contributed by atoms with Gasteiger partial charge in [-0.1, -0.05) is 67.2 Å². The fourth-order valence-electron chi connectivity index (χ4n) is 4.26. The number of nitrogens with one attached hydrogen (secondary N) is 1. The molecule has 0 bridgehead atoms. The van der Waals surface area contributed by atoms with Crippen LogP contribution in [0, 0.1) is 0 Å². The van der Waals surface area contributed by atoms with Gasteiger partial charge < -0.3 is 14.6 Å². The smallest absolute Gasteiger partial charge is 0.340 e. The third kappa shape index (κ3) is 5.57. The zero-order chi connectivity index (χ0) is 27.4. The highest BCUT2D eigenvalue weighted by Gasteiger charge is 2.21. The fraction of sp³-hybridized carbons (Fsp3) is 0.207. The average Bonchev–Trinajstić information content (AvgIpc) is 3.59. The van der Waals surface area contributed by atoms with Gasteiger partial charge in [-0.25, -0.2) is 9.78 Å². The molecule has 0 saturated carbocycles. The summed E-state index contributed by atoms with van der Waals surface area (Å²) in [5.41, 5.74) is 4.04.